The molecule has 0 unspecified atom stereocenters. The largest absolute Gasteiger partial charge is 0.256 e. The maximum absolute atomic E-state index is 12.9. The fraction of sp³-hybridized carbons (Fsp3) is 0.0625. The molecule has 1 aromatic heterocycles. The van der Waals surface area contributed by atoms with E-state index >= 15 is 0 Å². The average Bonchev–Trinajstić information content (AvgIpc) is 2.42. The van der Waals surface area contributed by atoms with E-state index in [-0.39, 0.29) is 18.2 Å². The number of pyridine rings is 1. The van der Waals surface area contributed by atoms with Gasteiger partial charge >= 0.3 is 0 Å². The zero-order valence-electron chi connectivity index (χ0n) is 10.2. The van der Waals surface area contributed by atoms with Crippen molar-refractivity contribution in [3.05, 3.63) is 77.7 Å². The summed E-state index contributed by atoms with van der Waals surface area (Å²) in [4.78, 5) is 4.34. The molecule has 3 aromatic rings. The van der Waals surface area contributed by atoms with E-state index in [1.807, 2.05) is 30.3 Å². The second-order valence-electron chi connectivity index (χ2n) is 4.29. The van der Waals surface area contributed by atoms with Crippen LogP contribution < -0.4 is 0 Å². The van der Waals surface area contributed by atoms with E-state index < -0.39 is 0 Å². The van der Waals surface area contributed by atoms with Crippen molar-refractivity contribution in [1.82, 2.24) is 4.98 Å². The predicted molar refractivity (Wildman–Crippen MR) is 78.2 cm³/mol. The van der Waals surface area contributed by atoms with Gasteiger partial charge in [0.25, 0.3) is 0 Å². The highest BCUT2D eigenvalue weighted by Gasteiger charge is 2.02. The van der Waals surface area contributed by atoms with Gasteiger partial charge in [0.15, 0.2) is 0 Å². The van der Waals surface area contributed by atoms with Gasteiger partial charge in [0.1, 0.15) is 5.82 Å². The average molecular weight is 274 g/mol. The minimum absolute atomic E-state index is 0. The van der Waals surface area contributed by atoms with Crippen molar-refractivity contribution in [2.75, 3.05) is 0 Å². The minimum Gasteiger partial charge on any atom is -0.256 e. The van der Waals surface area contributed by atoms with Gasteiger partial charge in [-0.2, -0.15) is 0 Å². The lowest BCUT2D eigenvalue weighted by Crippen LogP contribution is -1.91. The van der Waals surface area contributed by atoms with Gasteiger partial charge in [-0.15, -0.1) is 12.4 Å². The van der Waals surface area contributed by atoms with Crippen molar-refractivity contribution >= 4 is 23.3 Å². The van der Waals surface area contributed by atoms with E-state index in [0.717, 1.165) is 22.9 Å². The van der Waals surface area contributed by atoms with Crippen molar-refractivity contribution in [3.8, 4) is 0 Å². The molecule has 96 valence electrons. The lowest BCUT2D eigenvalue weighted by Gasteiger charge is -2.06. The van der Waals surface area contributed by atoms with Crippen molar-refractivity contribution in [2.24, 2.45) is 0 Å². The van der Waals surface area contributed by atoms with Crippen LogP contribution in [0.1, 0.15) is 11.1 Å². The number of rotatable bonds is 2. The first-order chi connectivity index (χ1) is 8.83. The molecule has 0 aliphatic carbocycles. The summed E-state index contributed by atoms with van der Waals surface area (Å²) in [7, 11) is 0. The third kappa shape index (κ3) is 2.91. The monoisotopic (exact) mass is 273 g/mol. The van der Waals surface area contributed by atoms with Crippen LogP contribution in [0.3, 0.4) is 0 Å². The maximum atomic E-state index is 12.9. The summed E-state index contributed by atoms with van der Waals surface area (Å²) in [5.41, 5.74) is 3.32. The molecule has 0 bridgehead atoms. The van der Waals surface area contributed by atoms with Crippen LogP contribution in [0.2, 0.25) is 0 Å². The van der Waals surface area contributed by atoms with Crippen LogP contribution in [0.25, 0.3) is 10.9 Å². The Balaban J connectivity index is 0.00000133. The Hall–Kier alpha value is -1.93. The molecule has 1 nitrogen and oxygen atoms in total. The lowest BCUT2D eigenvalue weighted by atomic mass is 10.0. The highest BCUT2D eigenvalue weighted by Crippen LogP contribution is 2.19. The van der Waals surface area contributed by atoms with Crippen molar-refractivity contribution in [1.29, 1.82) is 0 Å². The Morgan fingerprint density at radius 3 is 2.47 bits per heavy atom. The molecule has 0 saturated heterocycles. The number of aromatic nitrogens is 1. The van der Waals surface area contributed by atoms with Crippen molar-refractivity contribution in [2.45, 2.75) is 6.42 Å². The molecule has 0 spiro atoms. The molecule has 2 aromatic carbocycles. The quantitative estimate of drug-likeness (QED) is 0.675. The molecule has 0 aliphatic heterocycles. The summed E-state index contributed by atoms with van der Waals surface area (Å²) in [5.74, 6) is -0.196. The summed E-state index contributed by atoms with van der Waals surface area (Å²) in [6, 6.07) is 16.8. The fourth-order valence-electron chi connectivity index (χ4n) is 2.14. The second kappa shape index (κ2) is 5.81. The van der Waals surface area contributed by atoms with Crippen molar-refractivity contribution < 1.29 is 4.39 Å². The molecule has 0 radical (unpaired) electrons. The van der Waals surface area contributed by atoms with Gasteiger partial charge in [-0.25, -0.2) is 4.39 Å². The van der Waals surface area contributed by atoms with E-state index in [1.165, 1.54) is 17.7 Å². The number of hydrogen-bond acceptors (Lipinski definition) is 1. The summed E-state index contributed by atoms with van der Waals surface area (Å²) in [6.07, 6.45) is 2.59. The van der Waals surface area contributed by atoms with Gasteiger partial charge < -0.3 is 0 Å². The molecule has 0 amide bonds. The first-order valence-corrected chi connectivity index (χ1v) is 5.90. The molecule has 0 N–H and O–H groups in total. The molecular weight excluding hydrogens is 261 g/mol. The second-order valence-corrected chi connectivity index (χ2v) is 4.29. The number of fused-ring (bicyclic) bond motifs is 1. The van der Waals surface area contributed by atoms with Crippen LogP contribution in [0.15, 0.2) is 60.8 Å². The molecule has 1 heterocycles. The summed E-state index contributed by atoms with van der Waals surface area (Å²) < 4.78 is 12.9. The van der Waals surface area contributed by atoms with Crippen LogP contribution in [0.5, 0.6) is 0 Å². The molecular formula is C16H13ClFN. The highest BCUT2D eigenvalue weighted by atomic mass is 35.5. The SMILES string of the molecule is Cl.Fc1ccc(Cc2cccc3ncccc23)cc1. The fourth-order valence-corrected chi connectivity index (χ4v) is 2.14. The Bertz CT molecular complexity index is 674. The Labute approximate surface area is 117 Å². The van der Waals surface area contributed by atoms with Crippen LogP contribution in [0.4, 0.5) is 4.39 Å². The molecule has 0 aliphatic rings. The number of benzene rings is 2. The van der Waals surface area contributed by atoms with Gasteiger partial charge in [-0.3, -0.25) is 4.98 Å². The normalized spacial score (nSPS) is 10.2. The summed E-state index contributed by atoms with van der Waals surface area (Å²) in [6.45, 7) is 0. The predicted octanol–water partition coefficient (Wildman–Crippen LogP) is 4.39. The van der Waals surface area contributed by atoms with Crippen LogP contribution in [-0.4, -0.2) is 4.98 Å². The molecule has 19 heavy (non-hydrogen) atoms. The van der Waals surface area contributed by atoms with Gasteiger partial charge in [-0.1, -0.05) is 30.3 Å². The van der Waals surface area contributed by atoms with Gasteiger partial charge in [0.05, 0.1) is 5.52 Å². The molecule has 0 saturated carbocycles. The first-order valence-electron chi connectivity index (χ1n) is 5.90. The first kappa shape index (κ1) is 13.5. The summed E-state index contributed by atoms with van der Waals surface area (Å²) >= 11 is 0. The van der Waals surface area contributed by atoms with Gasteiger partial charge in [0, 0.05) is 11.6 Å². The molecule has 0 atom stereocenters. The topological polar surface area (TPSA) is 12.9 Å². The third-order valence-electron chi connectivity index (χ3n) is 3.04. The Morgan fingerprint density at radius 1 is 0.895 bits per heavy atom. The van der Waals surface area contributed by atoms with Gasteiger partial charge in [0.2, 0.25) is 0 Å². The molecule has 3 heteroatoms. The maximum Gasteiger partial charge on any atom is 0.123 e. The lowest BCUT2D eigenvalue weighted by molar-refractivity contribution is 0.627. The molecule has 0 fully saturated rings. The number of halogens is 2. The number of hydrogen-bond donors (Lipinski definition) is 0. The molecule has 3 rings (SSSR count). The van der Waals surface area contributed by atoms with Crippen LogP contribution >= 0.6 is 12.4 Å². The highest BCUT2D eigenvalue weighted by molar-refractivity contribution is 5.85. The standard InChI is InChI=1S/C16H12FN.ClH/c17-14-8-6-12(7-9-14)11-13-3-1-5-16-15(13)4-2-10-18-16;/h1-10H,11H2;1H. The Kier molecular flexibility index (Phi) is 4.13. The van der Waals surface area contributed by atoms with E-state index in [1.54, 1.807) is 6.20 Å². The van der Waals surface area contributed by atoms with Crippen LogP contribution in [0, 0.1) is 5.82 Å². The van der Waals surface area contributed by atoms with E-state index in [9.17, 15) is 4.39 Å². The minimum atomic E-state index is -0.196. The van der Waals surface area contributed by atoms with Gasteiger partial charge in [-0.05, 0) is 41.8 Å². The number of nitrogens with zero attached hydrogens (tertiary/aromatic N) is 1. The van der Waals surface area contributed by atoms with E-state index in [2.05, 4.69) is 17.1 Å². The van der Waals surface area contributed by atoms with Crippen LogP contribution in [-0.2, 0) is 6.42 Å². The third-order valence-corrected chi connectivity index (χ3v) is 3.04. The Morgan fingerprint density at radius 2 is 1.68 bits per heavy atom. The smallest absolute Gasteiger partial charge is 0.123 e. The zero-order valence-corrected chi connectivity index (χ0v) is 11.0. The van der Waals surface area contributed by atoms with Crippen molar-refractivity contribution in [3.63, 3.8) is 0 Å². The van der Waals surface area contributed by atoms with E-state index in [0.29, 0.717) is 0 Å². The van der Waals surface area contributed by atoms with E-state index in [4.69, 9.17) is 0 Å². The summed E-state index contributed by atoms with van der Waals surface area (Å²) in [5, 5.41) is 1.16. The zero-order chi connectivity index (χ0) is 12.4.